The highest BCUT2D eigenvalue weighted by molar-refractivity contribution is 5.85. The molecule has 0 spiro atoms. The van der Waals surface area contributed by atoms with E-state index in [4.69, 9.17) is 9.84 Å². The van der Waals surface area contributed by atoms with E-state index in [1.165, 1.54) is 0 Å². The molecule has 0 saturated heterocycles. The highest BCUT2D eigenvalue weighted by atomic mass is 35.5. The minimum absolute atomic E-state index is 0. The van der Waals surface area contributed by atoms with Crippen molar-refractivity contribution in [3.8, 4) is 5.75 Å². The number of carboxylic acids is 1. The molecule has 1 aromatic carbocycles. The Morgan fingerprint density at radius 3 is 2.47 bits per heavy atom. The van der Waals surface area contributed by atoms with Crippen LogP contribution in [0, 0.1) is 0 Å². The van der Waals surface area contributed by atoms with Gasteiger partial charge in [0.25, 0.3) is 0 Å². The van der Waals surface area contributed by atoms with Gasteiger partial charge in [-0.2, -0.15) is 0 Å². The molecule has 108 valence electrons. The van der Waals surface area contributed by atoms with E-state index >= 15 is 0 Å². The fraction of sp³-hybridized carbons (Fsp3) is 0.500. The maximum atomic E-state index is 10.5. The van der Waals surface area contributed by atoms with Crippen molar-refractivity contribution in [3.63, 3.8) is 0 Å². The van der Waals surface area contributed by atoms with Crippen LogP contribution in [0.1, 0.15) is 25.8 Å². The molecule has 2 N–H and O–H groups in total. The van der Waals surface area contributed by atoms with E-state index in [-0.39, 0.29) is 18.8 Å². The quantitative estimate of drug-likeness (QED) is 0.721. The van der Waals surface area contributed by atoms with Gasteiger partial charge in [0.2, 0.25) is 0 Å². The van der Waals surface area contributed by atoms with Crippen LogP contribution in [0.15, 0.2) is 24.3 Å². The van der Waals surface area contributed by atoms with E-state index in [9.17, 15) is 4.79 Å². The van der Waals surface area contributed by atoms with E-state index in [1.807, 2.05) is 12.1 Å². The molecule has 0 unspecified atom stereocenters. The number of halogens is 1. The smallest absolute Gasteiger partial charge is 0.307 e. The highest BCUT2D eigenvalue weighted by Gasteiger charge is 2.00. The summed E-state index contributed by atoms with van der Waals surface area (Å²) in [4.78, 5) is 10.5. The van der Waals surface area contributed by atoms with Crippen LogP contribution in [0.5, 0.6) is 5.75 Å². The Labute approximate surface area is 120 Å². The molecule has 0 amide bonds. The lowest BCUT2D eigenvalue weighted by atomic mass is 10.1. The topological polar surface area (TPSA) is 58.6 Å². The number of nitrogens with one attached hydrogen (secondary N) is 1. The standard InChI is InChI=1S/C14H21NO3.ClH/c1-11(2)15-8-3-9-18-13-6-4-12(5-7-13)10-14(16)17;/h4-7,11,15H,3,8-10H2,1-2H3,(H,16,17);1H. The zero-order valence-electron chi connectivity index (χ0n) is 11.4. The second kappa shape index (κ2) is 9.64. The molecule has 19 heavy (non-hydrogen) atoms. The molecule has 0 aliphatic heterocycles. The monoisotopic (exact) mass is 287 g/mol. The molecule has 0 fully saturated rings. The molecular formula is C14H22ClNO3. The largest absolute Gasteiger partial charge is 0.494 e. The van der Waals surface area contributed by atoms with E-state index in [2.05, 4.69) is 19.2 Å². The first kappa shape index (κ1) is 17.7. The minimum Gasteiger partial charge on any atom is -0.494 e. The summed E-state index contributed by atoms with van der Waals surface area (Å²) in [5, 5.41) is 12.0. The molecular weight excluding hydrogens is 266 g/mol. The van der Waals surface area contributed by atoms with Gasteiger partial charge in [-0.25, -0.2) is 0 Å². The zero-order valence-corrected chi connectivity index (χ0v) is 12.2. The molecule has 0 saturated carbocycles. The Kier molecular flexibility index (Phi) is 9.00. The van der Waals surface area contributed by atoms with E-state index < -0.39 is 5.97 Å². The van der Waals surface area contributed by atoms with E-state index in [1.54, 1.807) is 12.1 Å². The number of carbonyl (C=O) groups is 1. The van der Waals surface area contributed by atoms with Crippen molar-refractivity contribution in [1.82, 2.24) is 5.32 Å². The summed E-state index contributed by atoms with van der Waals surface area (Å²) in [6, 6.07) is 7.70. The third kappa shape index (κ3) is 8.46. The molecule has 0 aliphatic carbocycles. The van der Waals surface area contributed by atoms with Crippen LogP contribution in [0.4, 0.5) is 0 Å². The van der Waals surface area contributed by atoms with Crippen LogP contribution in [-0.4, -0.2) is 30.3 Å². The van der Waals surface area contributed by atoms with Gasteiger partial charge in [-0.15, -0.1) is 12.4 Å². The van der Waals surface area contributed by atoms with Crippen molar-refractivity contribution in [2.45, 2.75) is 32.7 Å². The number of hydrogen-bond donors (Lipinski definition) is 2. The van der Waals surface area contributed by atoms with Gasteiger partial charge in [0, 0.05) is 6.04 Å². The average Bonchev–Trinajstić information content (AvgIpc) is 2.30. The zero-order chi connectivity index (χ0) is 13.4. The molecule has 1 rings (SSSR count). The Morgan fingerprint density at radius 2 is 1.95 bits per heavy atom. The van der Waals surface area contributed by atoms with Crippen molar-refractivity contribution < 1.29 is 14.6 Å². The highest BCUT2D eigenvalue weighted by Crippen LogP contribution is 2.12. The predicted octanol–water partition coefficient (Wildman–Crippen LogP) is 2.50. The van der Waals surface area contributed by atoms with Gasteiger partial charge in [0.15, 0.2) is 0 Å². The number of carboxylic acid groups (broad SMARTS) is 1. The van der Waals surface area contributed by atoms with Gasteiger partial charge in [0.1, 0.15) is 5.75 Å². The van der Waals surface area contributed by atoms with Gasteiger partial charge in [0.05, 0.1) is 13.0 Å². The minimum atomic E-state index is -0.816. The van der Waals surface area contributed by atoms with Crippen molar-refractivity contribution in [3.05, 3.63) is 29.8 Å². The maximum Gasteiger partial charge on any atom is 0.307 e. The summed E-state index contributed by atoms with van der Waals surface area (Å²) in [5.41, 5.74) is 0.788. The molecule has 0 heterocycles. The van der Waals surface area contributed by atoms with Crippen LogP contribution < -0.4 is 10.1 Å². The first-order chi connectivity index (χ1) is 8.58. The van der Waals surface area contributed by atoms with Crippen LogP contribution in [0.2, 0.25) is 0 Å². The summed E-state index contributed by atoms with van der Waals surface area (Å²) >= 11 is 0. The molecule has 0 bridgehead atoms. The summed E-state index contributed by atoms with van der Waals surface area (Å²) in [6.45, 7) is 5.83. The van der Waals surface area contributed by atoms with Gasteiger partial charge in [-0.3, -0.25) is 4.79 Å². The van der Waals surface area contributed by atoms with Gasteiger partial charge >= 0.3 is 5.97 Å². The molecule has 1 aromatic rings. The summed E-state index contributed by atoms with van der Waals surface area (Å²) in [6.07, 6.45) is 1.01. The Balaban J connectivity index is 0.00000324. The summed E-state index contributed by atoms with van der Waals surface area (Å²) in [5.74, 6) is -0.0305. The Hall–Kier alpha value is -1.26. The third-order valence-corrected chi connectivity index (χ3v) is 2.42. The predicted molar refractivity (Wildman–Crippen MR) is 78.3 cm³/mol. The first-order valence-electron chi connectivity index (χ1n) is 6.25. The molecule has 4 nitrogen and oxygen atoms in total. The van der Waals surface area contributed by atoms with Gasteiger partial charge < -0.3 is 15.2 Å². The number of ether oxygens (including phenoxy) is 1. The molecule has 0 aromatic heterocycles. The third-order valence-electron chi connectivity index (χ3n) is 2.42. The van der Waals surface area contributed by atoms with E-state index in [0.717, 1.165) is 24.3 Å². The van der Waals surface area contributed by atoms with Crippen LogP contribution >= 0.6 is 12.4 Å². The van der Waals surface area contributed by atoms with Crippen LogP contribution in [0.3, 0.4) is 0 Å². The molecule has 0 aliphatic rings. The Bertz CT molecular complexity index is 365. The second-order valence-corrected chi connectivity index (χ2v) is 4.53. The fourth-order valence-corrected chi connectivity index (χ4v) is 1.53. The molecule has 5 heteroatoms. The van der Waals surface area contributed by atoms with Gasteiger partial charge in [-0.1, -0.05) is 26.0 Å². The summed E-state index contributed by atoms with van der Waals surface area (Å²) in [7, 11) is 0. The molecule has 0 atom stereocenters. The maximum absolute atomic E-state index is 10.5. The Morgan fingerprint density at radius 1 is 1.32 bits per heavy atom. The lowest BCUT2D eigenvalue weighted by Crippen LogP contribution is -2.24. The molecule has 0 radical (unpaired) electrons. The number of benzene rings is 1. The lowest BCUT2D eigenvalue weighted by Gasteiger charge is -2.09. The second-order valence-electron chi connectivity index (χ2n) is 4.53. The summed E-state index contributed by atoms with van der Waals surface area (Å²) < 4.78 is 5.56. The lowest BCUT2D eigenvalue weighted by molar-refractivity contribution is -0.136. The van der Waals surface area contributed by atoms with E-state index in [0.29, 0.717) is 12.6 Å². The first-order valence-corrected chi connectivity index (χ1v) is 6.25. The van der Waals surface area contributed by atoms with Crippen molar-refractivity contribution in [1.29, 1.82) is 0 Å². The number of aliphatic carboxylic acids is 1. The van der Waals surface area contributed by atoms with Gasteiger partial charge in [-0.05, 0) is 30.7 Å². The number of hydrogen-bond acceptors (Lipinski definition) is 3. The number of rotatable bonds is 8. The average molecular weight is 288 g/mol. The fourth-order valence-electron chi connectivity index (χ4n) is 1.53. The van der Waals surface area contributed by atoms with Crippen LogP contribution in [0.25, 0.3) is 0 Å². The SMILES string of the molecule is CC(C)NCCCOc1ccc(CC(=O)O)cc1.Cl. The van der Waals surface area contributed by atoms with Crippen molar-refractivity contribution >= 4 is 18.4 Å². The van der Waals surface area contributed by atoms with Crippen LogP contribution in [-0.2, 0) is 11.2 Å². The van der Waals surface area contributed by atoms with Crippen molar-refractivity contribution in [2.24, 2.45) is 0 Å². The van der Waals surface area contributed by atoms with Crippen molar-refractivity contribution in [2.75, 3.05) is 13.2 Å². The normalized spacial score (nSPS) is 10.1.